The molecule has 11 heteroatoms. The van der Waals surface area contributed by atoms with Crippen molar-refractivity contribution in [1.82, 2.24) is 24.8 Å². The number of ether oxygens (including phenoxy) is 1. The zero-order valence-corrected chi connectivity index (χ0v) is 21.4. The fourth-order valence-electron chi connectivity index (χ4n) is 5.83. The van der Waals surface area contributed by atoms with E-state index < -0.39 is 18.4 Å². The molecule has 3 atom stereocenters. The summed E-state index contributed by atoms with van der Waals surface area (Å²) in [5, 5.41) is 7.47. The van der Waals surface area contributed by atoms with Gasteiger partial charge in [0, 0.05) is 23.3 Å². The highest BCUT2D eigenvalue weighted by Crippen LogP contribution is 2.63. The molecule has 0 spiro atoms. The van der Waals surface area contributed by atoms with Crippen LogP contribution in [0.5, 0.6) is 5.75 Å². The van der Waals surface area contributed by atoms with Crippen LogP contribution in [0, 0.1) is 24.2 Å². The lowest BCUT2D eigenvalue weighted by atomic mass is 10.0. The summed E-state index contributed by atoms with van der Waals surface area (Å²) in [5.41, 5.74) is 2.80. The number of benzene rings is 1. The topological polar surface area (TPSA) is 88.8 Å². The number of nitrogens with zero attached hydrogens (tertiary/aromatic N) is 4. The van der Waals surface area contributed by atoms with E-state index in [1.807, 2.05) is 19.9 Å². The molecule has 3 aromatic rings. The second kappa shape index (κ2) is 8.19. The van der Waals surface area contributed by atoms with E-state index in [-0.39, 0.29) is 42.2 Å². The molecule has 194 valence electrons. The predicted octanol–water partition coefficient (Wildman–Crippen LogP) is 3.88. The monoisotopic (exact) mass is 529 g/mol. The lowest BCUT2D eigenvalue weighted by molar-refractivity contribution is -0.143. The highest BCUT2D eigenvalue weighted by atomic mass is 35.5. The number of likely N-dealkylation sites (tertiary alicyclic amines) is 1. The summed E-state index contributed by atoms with van der Waals surface area (Å²) >= 11 is 6.38. The van der Waals surface area contributed by atoms with E-state index in [9.17, 15) is 18.4 Å². The largest absolute Gasteiger partial charge is 0.488 e. The first-order valence-corrected chi connectivity index (χ1v) is 12.6. The number of hydrogen-bond acceptors (Lipinski definition) is 6. The van der Waals surface area contributed by atoms with Gasteiger partial charge in [0.05, 0.1) is 36.9 Å². The van der Waals surface area contributed by atoms with Crippen LogP contribution >= 0.6 is 11.6 Å². The number of alkyl halides is 2. The number of imide groups is 1. The summed E-state index contributed by atoms with van der Waals surface area (Å²) in [6.45, 7) is 5.76. The fourth-order valence-corrected chi connectivity index (χ4v) is 6.10. The number of piperidine rings is 2. The minimum atomic E-state index is -2.86. The Hall–Kier alpha value is -3.11. The van der Waals surface area contributed by atoms with Crippen molar-refractivity contribution < 1.29 is 23.1 Å². The van der Waals surface area contributed by atoms with E-state index in [2.05, 4.69) is 15.4 Å². The molecule has 1 N–H and O–H groups in total. The SMILES string of the molecule is Cc1cc(Cl)cc(-c2ncnn3cc(CN4C(=O)C5C(C4=O)C5(C)C)cc23)c1OC1CNCC(F)(F)C1. The van der Waals surface area contributed by atoms with Crippen LogP contribution < -0.4 is 10.1 Å². The molecule has 1 saturated carbocycles. The van der Waals surface area contributed by atoms with Gasteiger partial charge in [-0.05, 0) is 41.7 Å². The van der Waals surface area contributed by atoms with Crippen molar-refractivity contribution in [2.24, 2.45) is 17.3 Å². The number of amides is 2. The smallest absolute Gasteiger partial charge is 0.263 e. The Morgan fingerprint density at radius 2 is 1.92 bits per heavy atom. The van der Waals surface area contributed by atoms with Gasteiger partial charge in [0.2, 0.25) is 11.8 Å². The van der Waals surface area contributed by atoms with Gasteiger partial charge >= 0.3 is 0 Å². The molecule has 3 unspecified atom stereocenters. The van der Waals surface area contributed by atoms with Crippen LogP contribution in [0.1, 0.15) is 31.4 Å². The van der Waals surface area contributed by atoms with Gasteiger partial charge in [0.15, 0.2) is 0 Å². The van der Waals surface area contributed by atoms with Crippen LogP contribution in [0.15, 0.2) is 30.7 Å². The number of fused-ring (bicyclic) bond motifs is 2. The molecule has 37 heavy (non-hydrogen) atoms. The Labute approximate surface area is 216 Å². The molecule has 2 amide bonds. The second-order valence-electron chi connectivity index (χ2n) is 10.9. The number of aryl methyl sites for hydroxylation is 1. The maximum atomic E-state index is 14.0. The normalized spacial score (nSPS) is 26.0. The van der Waals surface area contributed by atoms with E-state index in [1.165, 1.54) is 11.2 Å². The Bertz CT molecular complexity index is 1430. The molecule has 6 rings (SSSR count). The molecule has 2 aromatic heterocycles. The van der Waals surface area contributed by atoms with E-state index in [0.717, 1.165) is 5.56 Å². The second-order valence-corrected chi connectivity index (χ2v) is 11.3. The van der Waals surface area contributed by atoms with Crippen molar-refractivity contribution in [3.63, 3.8) is 0 Å². The Balaban J connectivity index is 1.34. The Kier molecular flexibility index (Phi) is 5.37. The molecule has 1 aromatic carbocycles. The van der Waals surface area contributed by atoms with Crippen LogP contribution in [0.3, 0.4) is 0 Å². The summed E-state index contributed by atoms with van der Waals surface area (Å²) in [7, 11) is 0. The van der Waals surface area contributed by atoms with Gasteiger partial charge in [-0.3, -0.25) is 14.5 Å². The van der Waals surface area contributed by atoms with Crippen LogP contribution in [0.25, 0.3) is 16.8 Å². The van der Waals surface area contributed by atoms with Crippen molar-refractivity contribution in [3.05, 3.63) is 46.9 Å². The predicted molar refractivity (Wildman–Crippen MR) is 131 cm³/mol. The zero-order chi connectivity index (χ0) is 26.3. The van der Waals surface area contributed by atoms with Crippen molar-refractivity contribution in [2.75, 3.05) is 13.1 Å². The third kappa shape index (κ3) is 3.97. The number of halogens is 3. The van der Waals surface area contributed by atoms with Crippen molar-refractivity contribution >= 4 is 28.9 Å². The van der Waals surface area contributed by atoms with Gasteiger partial charge in [-0.15, -0.1) is 0 Å². The molecule has 1 aliphatic carbocycles. The number of carbonyl (C=O) groups is 2. The van der Waals surface area contributed by atoms with Gasteiger partial charge in [-0.25, -0.2) is 18.3 Å². The zero-order valence-electron chi connectivity index (χ0n) is 20.6. The number of nitrogens with one attached hydrogen (secondary N) is 1. The Morgan fingerprint density at radius 3 is 2.62 bits per heavy atom. The summed E-state index contributed by atoms with van der Waals surface area (Å²) in [4.78, 5) is 31.4. The maximum Gasteiger partial charge on any atom is 0.263 e. The molecule has 8 nitrogen and oxygen atoms in total. The van der Waals surface area contributed by atoms with Gasteiger partial charge in [-0.1, -0.05) is 25.4 Å². The minimum absolute atomic E-state index is 0.138. The quantitative estimate of drug-likeness (QED) is 0.505. The number of rotatable bonds is 5. The number of aromatic nitrogens is 3. The maximum absolute atomic E-state index is 14.0. The van der Waals surface area contributed by atoms with Crippen molar-refractivity contribution in [2.45, 2.75) is 45.8 Å². The molecule has 0 bridgehead atoms. The molecule has 2 saturated heterocycles. The first-order valence-electron chi connectivity index (χ1n) is 12.2. The van der Waals surface area contributed by atoms with Gasteiger partial charge in [0.25, 0.3) is 5.92 Å². The van der Waals surface area contributed by atoms with Crippen molar-refractivity contribution in [3.8, 4) is 17.0 Å². The van der Waals surface area contributed by atoms with E-state index >= 15 is 0 Å². The Morgan fingerprint density at radius 1 is 1.19 bits per heavy atom. The lowest BCUT2D eigenvalue weighted by Crippen LogP contribution is -2.48. The summed E-state index contributed by atoms with van der Waals surface area (Å²) in [6.07, 6.45) is 2.00. The fraction of sp³-hybridized carbons (Fsp3) is 0.462. The average Bonchev–Trinajstić information content (AvgIpc) is 3.07. The molecular formula is C26H26ClF2N5O3. The van der Waals surface area contributed by atoms with Crippen molar-refractivity contribution in [1.29, 1.82) is 0 Å². The number of hydrogen-bond donors (Lipinski definition) is 1. The molecule has 3 fully saturated rings. The van der Waals surface area contributed by atoms with E-state index in [1.54, 1.807) is 29.8 Å². The highest BCUT2D eigenvalue weighted by Gasteiger charge is 2.72. The van der Waals surface area contributed by atoms with Crippen LogP contribution in [0.4, 0.5) is 8.78 Å². The minimum Gasteiger partial charge on any atom is -0.488 e. The molecule has 0 radical (unpaired) electrons. The standard InChI is InChI=1S/C26H26ClF2N5O3/c1-13-4-15(27)6-17(22(13)37-16-7-26(28,29)11-30-8-16)21-18-5-14(10-34(18)32-12-31-21)9-33-23(35)19-20(24(33)36)25(19,2)3/h4-6,10,12,16,19-20,30H,7-9,11H2,1-3H3. The average molecular weight is 530 g/mol. The summed E-state index contributed by atoms with van der Waals surface area (Å²) < 4.78 is 35.8. The summed E-state index contributed by atoms with van der Waals surface area (Å²) in [5.74, 6) is -3.21. The summed E-state index contributed by atoms with van der Waals surface area (Å²) in [6, 6.07) is 5.23. The van der Waals surface area contributed by atoms with Crippen LogP contribution in [-0.2, 0) is 16.1 Å². The van der Waals surface area contributed by atoms with Crippen LogP contribution in [-0.4, -0.2) is 56.4 Å². The third-order valence-corrected chi connectivity index (χ3v) is 7.97. The van der Waals surface area contributed by atoms with Gasteiger partial charge < -0.3 is 10.1 Å². The molecule has 4 heterocycles. The number of carbonyl (C=O) groups excluding carboxylic acids is 2. The van der Waals surface area contributed by atoms with Gasteiger partial charge in [-0.2, -0.15) is 5.10 Å². The first kappa shape index (κ1) is 24.2. The molecule has 2 aliphatic heterocycles. The lowest BCUT2D eigenvalue weighted by Gasteiger charge is -2.31. The van der Waals surface area contributed by atoms with Crippen LogP contribution in [0.2, 0.25) is 5.02 Å². The molecular weight excluding hydrogens is 504 g/mol. The van der Waals surface area contributed by atoms with E-state index in [0.29, 0.717) is 39.7 Å². The highest BCUT2D eigenvalue weighted by molar-refractivity contribution is 6.31. The molecule has 3 aliphatic rings. The first-order chi connectivity index (χ1) is 17.5. The van der Waals surface area contributed by atoms with E-state index in [4.69, 9.17) is 16.3 Å². The third-order valence-electron chi connectivity index (χ3n) is 7.76. The van der Waals surface area contributed by atoms with Gasteiger partial charge in [0.1, 0.15) is 23.9 Å².